The topological polar surface area (TPSA) is 49.3 Å². The van der Waals surface area contributed by atoms with Crippen LogP contribution in [0.1, 0.15) is 49.0 Å². The first-order valence-corrected chi connectivity index (χ1v) is 10.9. The fourth-order valence-electron chi connectivity index (χ4n) is 4.91. The van der Waals surface area contributed by atoms with Gasteiger partial charge in [0, 0.05) is 37.5 Å². The molecule has 2 aromatic heterocycles. The van der Waals surface area contributed by atoms with E-state index in [2.05, 4.69) is 19.8 Å². The van der Waals surface area contributed by atoms with Crippen molar-refractivity contribution in [2.75, 3.05) is 31.1 Å². The number of hydrogen-bond donors (Lipinski definition) is 0. The summed E-state index contributed by atoms with van der Waals surface area (Å²) >= 11 is 1.85. The highest BCUT2D eigenvalue weighted by molar-refractivity contribution is 7.19. The molecule has 1 saturated heterocycles. The highest BCUT2D eigenvalue weighted by Gasteiger charge is 2.28. The van der Waals surface area contributed by atoms with Gasteiger partial charge in [0.1, 0.15) is 17.0 Å². The SMILES string of the molecule is O=C(CC1CCCC1)N1CCN(c2ncnc3sc4c(c23)CCC4)CC1. The number of aromatic nitrogens is 2. The molecule has 2 aromatic rings. The van der Waals surface area contributed by atoms with Crippen LogP contribution in [0.2, 0.25) is 0 Å². The van der Waals surface area contributed by atoms with E-state index in [1.54, 1.807) is 6.33 Å². The molecule has 0 aromatic carbocycles. The summed E-state index contributed by atoms with van der Waals surface area (Å²) < 4.78 is 0. The Morgan fingerprint density at radius 2 is 1.88 bits per heavy atom. The van der Waals surface area contributed by atoms with Gasteiger partial charge in [-0.25, -0.2) is 9.97 Å². The van der Waals surface area contributed by atoms with Crippen LogP contribution in [0.4, 0.5) is 5.82 Å². The van der Waals surface area contributed by atoms with Gasteiger partial charge in [0.05, 0.1) is 5.39 Å². The van der Waals surface area contributed by atoms with Gasteiger partial charge in [-0.15, -0.1) is 11.3 Å². The normalized spacial score (nSPS) is 20.9. The maximum atomic E-state index is 12.6. The van der Waals surface area contributed by atoms with Crippen molar-refractivity contribution in [3.05, 3.63) is 16.8 Å². The van der Waals surface area contributed by atoms with Crippen molar-refractivity contribution in [2.24, 2.45) is 5.92 Å². The van der Waals surface area contributed by atoms with Crippen LogP contribution in [0, 0.1) is 5.92 Å². The number of thiophene rings is 1. The highest BCUT2D eigenvalue weighted by atomic mass is 32.1. The average molecular weight is 371 g/mol. The Kier molecular flexibility index (Phi) is 4.31. The van der Waals surface area contributed by atoms with E-state index in [1.165, 1.54) is 54.4 Å². The van der Waals surface area contributed by atoms with Gasteiger partial charge in [0.2, 0.25) is 5.91 Å². The minimum atomic E-state index is 0.362. The van der Waals surface area contributed by atoms with E-state index >= 15 is 0 Å². The van der Waals surface area contributed by atoms with Crippen molar-refractivity contribution in [1.29, 1.82) is 0 Å². The zero-order valence-electron chi connectivity index (χ0n) is 15.2. The number of anilines is 1. The smallest absolute Gasteiger partial charge is 0.222 e. The standard InChI is InChI=1S/C20H26N4OS/c25-17(12-14-4-1-2-5-14)23-8-10-24(11-9-23)19-18-15-6-3-7-16(15)26-20(18)22-13-21-19/h13-14H,1-12H2. The molecular weight excluding hydrogens is 344 g/mol. The molecule has 1 amide bonds. The van der Waals surface area contributed by atoms with Crippen LogP contribution in [-0.4, -0.2) is 47.0 Å². The zero-order valence-corrected chi connectivity index (χ0v) is 16.1. The van der Waals surface area contributed by atoms with Gasteiger partial charge in [-0.1, -0.05) is 12.8 Å². The summed E-state index contributed by atoms with van der Waals surface area (Å²) in [5, 5.41) is 1.29. The Balaban J connectivity index is 1.30. The quantitative estimate of drug-likeness (QED) is 0.831. The number of nitrogens with zero attached hydrogens (tertiary/aromatic N) is 4. The Morgan fingerprint density at radius 1 is 1.08 bits per heavy atom. The monoisotopic (exact) mass is 370 g/mol. The lowest BCUT2D eigenvalue weighted by Crippen LogP contribution is -2.49. The average Bonchev–Trinajstić information content (AvgIpc) is 3.38. The molecule has 3 heterocycles. The van der Waals surface area contributed by atoms with Crippen molar-refractivity contribution in [2.45, 2.75) is 51.4 Å². The largest absolute Gasteiger partial charge is 0.352 e. The fourth-order valence-corrected chi connectivity index (χ4v) is 6.13. The summed E-state index contributed by atoms with van der Waals surface area (Å²) in [6, 6.07) is 0. The van der Waals surface area contributed by atoms with Crippen molar-refractivity contribution in [1.82, 2.24) is 14.9 Å². The molecule has 2 fully saturated rings. The van der Waals surface area contributed by atoms with Crippen LogP contribution in [0.3, 0.4) is 0 Å². The van der Waals surface area contributed by atoms with E-state index in [0.29, 0.717) is 11.8 Å². The van der Waals surface area contributed by atoms with Gasteiger partial charge in [-0.05, 0) is 43.6 Å². The predicted octanol–water partition coefficient (Wildman–Crippen LogP) is 3.41. The number of piperazine rings is 1. The van der Waals surface area contributed by atoms with E-state index < -0.39 is 0 Å². The van der Waals surface area contributed by atoms with Crippen LogP contribution in [0.25, 0.3) is 10.2 Å². The third-order valence-corrected chi connectivity index (χ3v) is 7.55. The van der Waals surface area contributed by atoms with Crippen molar-refractivity contribution >= 4 is 33.3 Å². The maximum Gasteiger partial charge on any atom is 0.222 e. The summed E-state index contributed by atoms with van der Waals surface area (Å²) in [6.45, 7) is 3.41. The molecule has 26 heavy (non-hydrogen) atoms. The third kappa shape index (κ3) is 2.88. The second-order valence-corrected chi connectivity index (χ2v) is 9.04. The molecule has 0 bridgehead atoms. The molecule has 0 atom stereocenters. The molecule has 0 spiro atoms. The molecule has 6 heteroatoms. The van der Waals surface area contributed by atoms with Crippen LogP contribution >= 0.6 is 11.3 Å². The van der Waals surface area contributed by atoms with Gasteiger partial charge in [-0.2, -0.15) is 0 Å². The maximum absolute atomic E-state index is 12.6. The molecule has 5 nitrogen and oxygen atoms in total. The van der Waals surface area contributed by atoms with E-state index in [1.807, 2.05) is 11.3 Å². The second-order valence-electron chi connectivity index (χ2n) is 7.96. The second kappa shape index (κ2) is 6.80. The summed E-state index contributed by atoms with van der Waals surface area (Å²) in [7, 11) is 0. The lowest BCUT2D eigenvalue weighted by atomic mass is 10.0. The number of carbonyl (C=O) groups excluding carboxylic acids is 1. The molecule has 138 valence electrons. The molecule has 3 aliphatic rings. The van der Waals surface area contributed by atoms with E-state index in [9.17, 15) is 4.79 Å². The molecular formula is C20H26N4OS. The summed E-state index contributed by atoms with van der Waals surface area (Å²) in [4.78, 5) is 28.9. The van der Waals surface area contributed by atoms with Crippen LogP contribution in [-0.2, 0) is 17.6 Å². The van der Waals surface area contributed by atoms with E-state index in [0.717, 1.165) is 49.7 Å². The van der Waals surface area contributed by atoms with Crippen molar-refractivity contribution in [3.8, 4) is 0 Å². The Hall–Kier alpha value is -1.69. The van der Waals surface area contributed by atoms with Gasteiger partial charge < -0.3 is 9.80 Å². The molecule has 0 unspecified atom stereocenters. The number of aryl methyl sites for hydroxylation is 2. The fraction of sp³-hybridized carbons (Fsp3) is 0.650. The lowest BCUT2D eigenvalue weighted by molar-refractivity contribution is -0.132. The first kappa shape index (κ1) is 16.5. The van der Waals surface area contributed by atoms with Gasteiger partial charge in [-0.3, -0.25) is 4.79 Å². The van der Waals surface area contributed by atoms with Crippen LogP contribution in [0.5, 0.6) is 0 Å². The Bertz CT molecular complexity index is 819. The Morgan fingerprint density at radius 3 is 2.69 bits per heavy atom. The van der Waals surface area contributed by atoms with Crippen molar-refractivity contribution < 1.29 is 4.79 Å². The summed E-state index contributed by atoms with van der Waals surface area (Å²) in [5.74, 6) is 2.09. The number of carbonyl (C=O) groups is 1. The van der Waals surface area contributed by atoms with Gasteiger partial charge in [0.15, 0.2) is 0 Å². The van der Waals surface area contributed by atoms with Crippen LogP contribution < -0.4 is 4.90 Å². The number of hydrogen-bond acceptors (Lipinski definition) is 5. The van der Waals surface area contributed by atoms with E-state index in [4.69, 9.17) is 0 Å². The van der Waals surface area contributed by atoms with Crippen molar-refractivity contribution in [3.63, 3.8) is 0 Å². The molecule has 0 N–H and O–H groups in total. The summed E-state index contributed by atoms with van der Waals surface area (Å²) in [6.07, 6.45) is 11.2. The first-order chi connectivity index (χ1) is 12.8. The molecule has 1 saturated carbocycles. The molecule has 0 radical (unpaired) electrons. The van der Waals surface area contributed by atoms with Crippen LogP contribution in [0.15, 0.2) is 6.33 Å². The van der Waals surface area contributed by atoms with Gasteiger partial charge >= 0.3 is 0 Å². The summed E-state index contributed by atoms with van der Waals surface area (Å²) in [5.41, 5.74) is 1.49. The third-order valence-electron chi connectivity index (χ3n) is 6.35. The lowest BCUT2D eigenvalue weighted by Gasteiger charge is -2.36. The molecule has 2 aliphatic carbocycles. The van der Waals surface area contributed by atoms with Gasteiger partial charge in [0.25, 0.3) is 0 Å². The highest BCUT2D eigenvalue weighted by Crippen LogP contribution is 2.40. The molecule has 1 aliphatic heterocycles. The molecule has 5 rings (SSSR count). The minimum Gasteiger partial charge on any atom is -0.352 e. The minimum absolute atomic E-state index is 0.362. The number of amides is 1. The van der Waals surface area contributed by atoms with E-state index in [-0.39, 0.29) is 0 Å². The first-order valence-electron chi connectivity index (χ1n) is 10.1. The number of fused-ring (bicyclic) bond motifs is 3. The zero-order chi connectivity index (χ0) is 17.5. The Labute approximate surface area is 158 Å². The number of rotatable bonds is 3. The predicted molar refractivity (Wildman–Crippen MR) is 105 cm³/mol.